The summed E-state index contributed by atoms with van der Waals surface area (Å²) in [6.07, 6.45) is 0. The van der Waals surface area contributed by atoms with Crippen molar-refractivity contribution in [2.75, 3.05) is 32.5 Å². The summed E-state index contributed by atoms with van der Waals surface area (Å²) in [5.74, 6) is 0.929. The summed E-state index contributed by atoms with van der Waals surface area (Å²) in [6.45, 7) is 1.62. The number of hydrogen-bond acceptors (Lipinski definition) is 5. The zero-order valence-corrected chi connectivity index (χ0v) is 19.1. The summed E-state index contributed by atoms with van der Waals surface area (Å²) in [5, 5.41) is 5.96. The predicted molar refractivity (Wildman–Crippen MR) is 115 cm³/mol. The number of alkyl halides is 2. The summed E-state index contributed by atoms with van der Waals surface area (Å²) >= 11 is 0. The van der Waals surface area contributed by atoms with Crippen molar-refractivity contribution in [1.82, 2.24) is 15.4 Å². The molecular weight excluding hydrogens is 509 g/mol. The second-order valence-corrected chi connectivity index (χ2v) is 7.37. The van der Waals surface area contributed by atoms with Crippen molar-refractivity contribution in [3.8, 4) is 11.5 Å². The third-order valence-corrected chi connectivity index (χ3v) is 4.76. The van der Waals surface area contributed by atoms with E-state index < -0.39 is 16.6 Å². The molecule has 3 N–H and O–H groups in total. The minimum Gasteiger partial charge on any atom is -0.497 e. The lowest BCUT2D eigenvalue weighted by Crippen LogP contribution is -2.41. The Balaban J connectivity index is 0.00000729. The molecule has 0 aromatic heterocycles. The number of nitrogens with zero attached hydrogens (tertiary/aromatic N) is 1. The van der Waals surface area contributed by atoms with E-state index in [4.69, 9.17) is 4.74 Å². The van der Waals surface area contributed by atoms with E-state index in [1.807, 2.05) is 6.92 Å². The predicted octanol–water partition coefficient (Wildman–Crippen LogP) is 1.91. The molecule has 0 fully saturated rings. The molecule has 1 aromatic carbocycles. The van der Waals surface area contributed by atoms with E-state index in [9.17, 15) is 17.2 Å². The van der Waals surface area contributed by atoms with Gasteiger partial charge in [-0.2, -0.15) is 8.78 Å². The van der Waals surface area contributed by atoms with Gasteiger partial charge < -0.3 is 20.1 Å². The fourth-order valence-corrected chi connectivity index (χ4v) is 2.63. The molecule has 162 valence electrons. The van der Waals surface area contributed by atoms with Crippen molar-refractivity contribution in [3.05, 3.63) is 23.8 Å². The molecule has 8 nitrogen and oxygen atoms in total. The van der Waals surface area contributed by atoms with Crippen molar-refractivity contribution in [1.29, 1.82) is 0 Å². The summed E-state index contributed by atoms with van der Waals surface area (Å²) < 4.78 is 60.0. The maximum absolute atomic E-state index is 12.6. The monoisotopic (exact) mass is 536 g/mol. The molecular formula is C16H27F2IN4O4S. The average Bonchev–Trinajstić information content (AvgIpc) is 2.63. The molecule has 0 unspecified atom stereocenters. The highest BCUT2D eigenvalue weighted by atomic mass is 127. The topological polar surface area (TPSA) is 101 Å². The first-order chi connectivity index (χ1) is 12.8. The highest BCUT2D eigenvalue weighted by Gasteiger charge is 2.11. The summed E-state index contributed by atoms with van der Waals surface area (Å²) in [4.78, 5) is 4.32. The highest BCUT2D eigenvalue weighted by molar-refractivity contribution is 14.0. The molecule has 0 atom stereocenters. The zero-order chi connectivity index (χ0) is 20.3. The van der Waals surface area contributed by atoms with Gasteiger partial charge in [-0.25, -0.2) is 18.1 Å². The lowest BCUT2D eigenvalue weighted by atomic mass is 10.2. The van der Waals surface area contributed by atoms with Gasteiger partial charge in [0.1, 0.15) is 11.5 Å². The molecule has 0 aliphatic rings. The van der Waals surface area contributed by atoms with Crippen LogP contribution in [0.4, 0.5) is 8.78 Å². The second-order valence-electron chi connectivity index (χ2n) is 5.27. The van der Waals surface area contributed by atoms with Gasteiger partial charge in [0.25, 0.3) is 0 Å². The van der Waals surface area contributed by atoms with Gasteiger partial charge in [0, 0.05) is 25.2 Å². The molecule has 0 radical (unpaired) electrons. The Morgan fingerprint density at radius 3 is 2.50 bits per heavy atom. The first-order valence-electron chi connectivity index (χ1n) is 8.42. The van der Waals surface area contributed by atoms with Gasteiger partial charge in [-0.3, -0.25) is 0 Å². The third kappa shape index (κ3) is 10.2. The number of aliphatic imine (C=N–C) groups is 1. The molecule has 0 amide bonds. The number of rotatable bonds is 11. The maximum atomic E-state index is 12.6. The summed E-state index contributed by atoms with van der Waals surface area (Å²) in [6, 6.07) is 4.49. The van der Waals surface area contributed by atoms with Crippen LogP contribution >= 0.6 is 24.0 Å². The van der Waals surface area contributed by atoms with Gasteiger partial charge in [0.2, 0.25) is 10.0 Å². The normalized spacial score (nSPS) is 11.7. The van der Waals surface area contributed by atoms with Gasteiger partial charge in [0.15, 0.2) is 5.96 Å². The molecule has 0 spiro atoms. The number of halogens is 3. The molecule has 0 saturated carbocycles. The first-order valence-corrected chi connectivity index (χ1v) is 10.1. The number of ether oxygens (including phenoxy) is 2. The fourth-order valence-electron chi connectivity index (χ4n) is 2.01. The van der Waals surface area contributed by atoms with Crippen LogP contribution in [0.2, 0.25) is 0 Å². The van der Waals surface area contributed by atoms with Crippen LogP contribution in [0.1, 0.15) is 19.4 Å². The quantitative estimate of drug-likeness (QED) is 0.173. The van der Waals surface area contributed by atoms with Crippen LogP contribution < -0.4 is 24.8 Å². The molecule has 0 aliphatic heterocycles. The minimum absolute atomic E-state index is 0. The SMILES string of the molecule is CCNC(=NCc1cc(OC)ccc1OC(F)F)NCCNS(=O)(=O)CC.I. The maximum Gasteiger partial charge on any atom is 0.387 e. The smallest absolute Gasteiger partial charge is 0.387 e. The van der Waals surface area contributed by atoms with Crippen molar-refractivity contribution in [3.63, 3.8) is 0 Å². The lowest BCUT2D eigenvalue weighted by Gasteiger charge is -2.14. The van der Waals surface area contributed by atoms with Gasteiger partial charge >= 0.3 is 6.61 Å². The van der Waals surface area contributed by atoms with E-state index >= 15 is 0 Å². The standard InChI is InChI=1S/C16H26F2N4O4S.HI/c1-4-19-16(20-8-9-22-27(23,24)5-2)21-11-12-10-13(25-3)6-7-14(12)26-15(17)18;/h6-7,10,15,22H,4-5,8-9,11H2,1-3H3,(H2,19,20,21);1H. The number of benzene rings is 1. The fraction of sp³-hybridized carbons (Fsp3) is 0.562. The van der Waals surface area contributed by atoms with Crippen LogP contribution in [0.5, 0.6) is 11.5 Å². The average molecular weight is 536 g/mol. The summed E-state index contributed by atoms with van der Waals surface area (Å²) in [7, 11) is -1.79. The van der Waals surface area contributed by atoms with Crippen LogP contribution in [0.3, 0.4) is 0 Å². The number of sulfonamides is 1. The summed E-state index contributed by atoms with van der Waals surface area (Å²) in [5.41, 5.74) is 0.429. The van der Waals surface area contributed by atoms with Crippen LogP contribution in [0, 0.1) is 0 Å². The Hall–Kier alpha value is -1.41. The lowest BCUT2D eigenvalue weighted by molar-refractivity contribution is -0.0504. The second kappa shape index (κ2) is 13.7. The molecule has 1 aromatic rings. The number of hydrogen-bond donors (Lipinski definition) is 3. The molecule has 0 saturated heterocycles. The van der Waals surface area contributed by atoms with E-state index in [0.717, 1.165) is 0 Å². The Bertz CT molecular complexity index is 721. The van der Waals surface area contributed by atoms with Gasteiger partial charge in [-0.05, 0) is 32.0 Å². The Morgan fingerprint density at radius 1 is 1.21 bits per heavy atom. The highest BCUT2D eigenvalue weighted by Crippen LogP contribution is 2.26. The van der Waals surface area contributed by atoms with Crippen LogP contribution in [-0.4, -0.2) is 53.5 Å². The molecule has 0 bridgehead atoms. The van der Waals surface area contributed by atoms with Crippen LogP contribution in [-0.2, 0) is 16.6 Å². The van der Waals surface area contributed by atoms with Crippen molar-refractivity contribution < 1.29 is 26.7 Å². The molecule has 28 heavy (non-hydrogen) atoms. The van der Waals surface area contributed by atoms with Gasteiger partial charge in [-0.15, -0.1) is 24.0 Å². The molecule has 0 aliphatic carbocycles. The molecule has 0 heterocycles. The third-order valence-electron chi connectivity index (χ3n) is 3.35. The Kier molecular flexibility index (Phi) is 13.0. The largest absolute Gasteiger partial charge is 0.497 e. The number of nitrogens with one attached hydrogen (secondary N) is 3. The Labute approximate surface area is 181 Å². The van der Waals surface area contributed by atoms with E-state index in [2.05, 4.69) is 25.1 Å². The zero-order valence-electron chi connectivity index (χ0n) is 16.0. The van der Waals surface area contributed by atoms with E-state index in [1.54, 1.807) is 13.0 Å². The Morgan fingerprint density at radius 2 is 1.93 bits per heavy atom. The minimum atomic E-state index is -3.26. The van der Waals surface area contributed by atoms with Crippen molar-refractivity contribution in [2.45, 2.75) is 27.0 Å². The number of guanidine groups is 1. The first kappa shape index (κ1) is 26.6. The molecule has 12 heteroatoms. The van der Waals surface area contributed by atoms with E-state index in [-0.39, 0.29) is 48.6 Å². The number of methoxy groups -OCH3 is 1. The van der Waals surface area contributed by atoms with Gasteiger partial charge in [0.05, 0.1) is 19.4 Å². The van der Waals surface area contributed by atoms with Crippen molar-refractivity contribution in [2.24, 2.45) is 4.99 Å². The van der Waals surface area contributed by atoms with E-state index in [1.165, 1.54) is 19.2 Å². The van der Waals surface area contributed by atoms with Crippen LogP contribution in [0.25, 0.3) is 0 Å². The van der Waals surface area contributed by atoms with E-state index in [0.29, 0.717) is 30.4 Å². The van der Waals surface area contributed by atoms with Crippen LogP contribution in [0.15, 0.2) is 23.2 Å². The van der Waals surface area contributed by atoms with Gasteiger partial charge in [-0.1, -0.05) is 0 Å². The molecule has 1 rings (SSSR count). The van der Waals surface area contributed by atoms with Crippen molar-refractivity contribution >= 4 is 40.0 Å².